The van der Waals surface area contributed by atoms with Crippen molar-refractivity contribution in [3.8, 4) is 0 Å². The zero-order chi connectivity index (χ0) is 14.2. The van der Waals surface area contributed by atoms with Gasteiger partial charge >= 0.3 is 0 Å². The lowest BCUT2D eigenvalue weighted by Crippen LogP contribution is -2.26. The van der Waals surface area contributed by atoms with Crippen molar-refractivity contribution in [3.63, 3.8) is 0 Å². The molecule has 0 saturated heterocycles. The number of nitrogens with one attached hydrogen (secondary N) is 1. The van der Waals surface area contributed by atoms with E-state index in [4.69, 9.17) is 0 Å². The Hall–Kier alpha value is -2.09. The molecule has 1 N–H and O–H groups in total. The van der Waals surface area contributed by atoms with Crippen molar-refractivity contribution in [2.45, 2.75) is 25.7 Å². The molecule has 1 atom stereocenters. The maximum absolute atomic E-state index is 11.9. The van der Waals surface area contributed by atoms with Crippen LogP contribution in [0.15, 0.2) is 60.7 Å². The topological polar surface area (TPSA) is 29.1 Å². The fourth-order valence-corrected chi connectivity index (χ4v) is 2.24. The lowest BCUT2D eigenvalue weighted by atomic mass is 9.97. The number of carbonyl (C=O) groups is 1. The molecular formula is C18H21NO. The predicted octanol–water partition coefficient (Wildman–Crippen LogP) is 3.54. The minimum Gasteiger partial charge on any atom is -0.356 e. The molecule has 2 heteroatoms. The summed E-state index contributed by atoms with van der Waals surface area (Å²) in [6.07, 6.45) is 1.42. The van der Waals surface area contributed by atoms with Crippen LogP contribution in [0.2, 0.25) is 0 Å². The Balaban J connectivity index is 1.73. The summed E-state index contributed by atoms with van der Waals surface area (Å²) in [6.45, 7) is 2.79. The van der Waals surface area contributed by atoms with Crippen LogP contribution >= 0.6 is 0 Å². The molecule has 0 fully saturated rings. The van der Waals surface area contributed by atoms with Gasteiger partial charge in [0.1, 0.15) is 0 Å². The molecular weight excluding hydrogens is 246 g/mol. The number of hydrogen-bond donors (Lipinski definition) is 1. The smallest absolute Gasteiger partial charge is 0.220 e. The third-order valence-electron chi connectivity index (χ3n) is 3.44. The van der Waals surface area contributed by atoms with Crippen molar-refractivity contribution in [1.82, 2.24) is 5.32 Å². The van der Waals surface area contributed by atoms with Gasteiger partial charge < -0.3 is 5.32 Å². The van der Waals surface area contributed by atoms with Crippen LogP contribution in [0.3, 0.4) is 0 Å². The molecule has 2 aromatic carbocycles. The van der Waals surface area contributed by atoms with Crippen LogP contribution in [0, 0.1) is 0 Å². The molecule has 0 unspecified atom stereocenters. The Bertz CT molecular complexity index is 522. The number of carbonyl (C=O) groups excluding carboxylic acids is 1. The molecule has 0 aliphatic rings. The molecule has 0 heterocycles. The average molecular weight is 267 g/mol. The number of benzene rings is 2. The van der Waals surface area contributed by atoms with Crippen LogP contribution in [-0.4, -0.2) is 12.5 Å². The minimum atomic E-state index is 0.122. The third-order valence-corrected chi connectivity index (χ3v) is 3.44. The monoisotopic (exact) mass is 267 g/mol. The SMILES string of the molecule is C[C@@H](CC(=O)NCCc1ccccc1)c1ccccc1. The second-order valence-corrected chi connectivity index (χ2v) is 5.10. The quantitative estimate of drug-likeness (QED) is 0.852. The first-order chi connectivity index (χ1) is 9.75. The van der Waals surface area contributed by atoms with E-state index in [1.807, 2.05) is 36.4 Å². The van der Waals surface area contributed by atoms with Crippen LogP contribution in [0.25, 0.3) is 0 Å². The highest BCUT2D eigenvalue weighted by Crippen LogP contribution is 2.17. The molecule has 0 saturated carbocycles. The van der Waals surface area contributed by atoms with Crippen molar-refractivity contribution in [1.29, 1.82) is 0 Å². The van der Waals surface area contributed by atoms with Gasteiger partial charge in [-0.15, -0.1) is 0 Å². The highest BCUT2D eigenvalue weighted by molar-refractivity contribution is 5.76. The van der Waals surface area contributed by atoms with E-state index in [0.29, 0.717) is 13.0 Å². The second-order valence-electron chi connectivity index (χ2n) is 5.10. The van der Waals surface area contributed by atoms with E-state index in [1.54, 1.807) is 0 Å². The van der Waals surface area contributed by atoms with Crippen molar-refractivity contribution < 1.29 is 4.79 Å². The zero-order valence-corrected chi connectivity index (χ0v) is 11.9. The third kappa shape index (κ3) is 4.54. The molecule has 0 aliphatic carbocycles. The Kier molecular flexibility index (Phi) is 5.36. The lowest BCUT2D eigenvalue weighted by molar-refractivity contribution is -0.121. The van der Waals surface area contributed by atoms with Crippen LogP contribution in [0.1, 0.15) is 30.4 Å². The van der Waals surface area contributed by atoms with Gasteiger partial charge in [0.2, 0.25) is 5.91 Å². The molecule has 104 valence electrons. The molecule has 0 spiro atoms. The van der Waals surface area contributed by atoms with E-state index < -0.39 is 0 Å². The number of rotatable bonds is 6. The normalized spacial score (nSPS) is 11.8. The van der Waals surface area contributed by atoms with E-state index in [9.17, 15) is 4.79 Å². The summed E-state index contributed by atoms with van der Waals surface area (Å²) in [5.41, 5.74) is 2.47. The highest BCUT2D eigenvalue weighted by atomic mass is 16.1. The van der Waals surface area contributed by atoms with Gasteiger partial charge in [0.05, 0.1) is 0 Å². The molecule has 20 heavy (non-hydrogen) atoms. The summed E-state index contributed by atoms with van der Waals surface area (Å²) in [5.74, 6) is 0.380. The average Bonchev–Trinajstić information content (AvgIpc) is 2.49. The summed E-state index contributed by atoms with van der Waals surface area (Å²) >= 11 is 0. The standard InChI is InChI=1S/C18H21NO/c1-15(17-10-6-3-7-11-17)14-18(20)19-13-12-16-8-4-2-5-9-16/h2-11,15H,12-14H2,1H3,(H,19,20)/t15-/m0/s1. The van der Waals surface area contributed by atoms with Gasteiger partial charge in [-0.3, -0.25) is 4.79 Å². The molecule has 0 bridgehead atoms. The Morgan fingerprint density at radius 1 is 1.00 bits per heavy atom. The maximum Gasteiger partial charge on any atom is 0.220 e. The molecule has 2 aromatic rings. The van der Waals surface area contributed by atoms with E-state index in [0.717, 1.165) is 6.42 Å². The van der Waals surface area contributed by atoms with Gasteiger partial charge in [0, 0.05) is 13.0 Å². The lowest BCUT2D eigenvalue weighted by Gasteiger charge is -2.12. The molecule has 0 aliphatic heterocycles. The predicted molar refractivity (Wildman–Crippen MR) is 82.6 cm³/mol. The summed E-state index contributed by atoms with van der Waals surface area (Å²) in [5, 5.41) is 2.99. The Labute approximate surface area is 120 Å². The summed E-state index contributed by atoms with van der Waals surface area (Å²) in [7, 11) is 0. The van der Waals surface area contributed by atoms with Gasteiger partial charge in [-0.1, -0.05) is 67.6 Å². The van der Waals surface area contributed by atoms with Crippen LogP contribution in [0.5, 0.6) is 0 Å². The van der Waals surface area contributed by atoms with E-state index in [-0.39, 0.29) is 11.8 Å². The molecule has 2 rings (SSSR count). The Morgan fingerprint density at radius 3 is 2.25 bits per heavy atom. The highest BCUT2D eigenvalue weighted by Gasteiger charge is 2.10. The van der Waals surface area contributed by atoms with Crippen molar-refractivity contribution in [3.05, 3.63) is 71.8 Å². The fourth-order valence-electron chi connectivity index (χ4n) is 2.24. The largest absolute Gasteiger partial charge is 0.356 e. The summed E-state index contributed by atoms with van der Waals surface area (Å²) in [6, 6.07) is 20.4. The fraction of sp³-hybridized carbons (Fsp3) is 0.278. The summed E-state index contributed by atoms with van der Waals surface area (Å²) < 4.78 is 0. The van der Waals surface area contributed by atoms with Crippen LogP contribution in [0.4, 0.5) is 0 Å². The van der Waals surface area contributed by atoms with Gasteiger partial charge in [0.25, 0.3) is 0 Å². The van der Waals surface area contributed by atoms with Crippen molar-refractivity contribution >= 4 is 5.91 Å². The molecule has 0 aromatic heterocycles. The first kappa shape index (κ1) is 14.3. The van der Waals surface area contributed by atoms with E-state index in [1.165, 1.54) is 11.1 Å². The van der Waals surface area contributed by atoms with Gasteiger partial charge in [-0.2, -0.15) is 0 Å². The van der Waals surface area contributed by atoms with Crippen LogP contribution < -0.4 is 5.32 Å². The summed E-state index contributed by atoms with van der Waals surface area (Å²) in [4.78, 5) is 11.9. The van der Waals surface area contributed by atoms with Gasteiger partial charge in [-0.25, -0.2) is 0 Å². The van der Waals surface area contributed by atoms with Crippen molar-refractivity contribution in [2.75, 3.05) is 6.54 Å². The zero-order valence-electron chi connectivity index (χ0n) is 11.9. The first-order valence-corrected chi connectivity index (χ1v) is 7.11. The van der Waals surface area contributed by atoms with Gasteiger partial charge in [-0.05, 0) is 23.5 Å². The molecule has 2 nitrogen and oxygen atoms in total. The molecule has 0 radical (unpaired) electrons. The van der Waals surface area contributed by atoms with E-state index >= 15 is 0 Å². The van der Waals surface area contributed by atoms with Crippen molar-refractivity contribution in [2.24, 2.45) is 0 Å². The number of hydrogen-bond acceptors (Lipinski definition) is 1. The maximum atomic E-state index is 11.9. The Morgan fingerprint density at radius 2 is 1.60 bits per heavy atom. The second kappa shape index (κ2) is 7.49. The minimum absolute atomic E-state index is 0.122. The van der Waals surface area contributed by atoms with Gasteiger partial charge in [0.15, 0.2) is 0 Å². The van der Waals surface area contributed by atoms with E-state index in [2.05, 4.69) is 36.5 Å². The van der Waals surface area contributed by atoms with Crippen LogP contribution in [-0.2, 0) is 11.2 Å². The first-order valence-electron chi connectivity index (χ1n) is 7.11. The molecule has 1 amide bonds. The number of amides is 1.